The minimum absolute atomic E-state index is 0.231. The summed E-state index contributed by atoms with van der Waals surface area (Å²) in [4.78, 5) is 22.1. The maximum Gasteiger partial charge on any atom is 0.335 e. The van der Waals surface area contributed by atoms with E-state index in [0.29, 0.717) is 6.54 Å². The summed E-state index contributed by atoms with van der Waals surface area (Å²) in [5.74, 6) is -0.961. The minimum atomic E-state index is -0.961. The Morgan fingerprint density at radius 2 is 1.89 bits per heavy atom. The predicted octanol–water partition coefficient (Wildman–Crippen LogP) is 2.50. The molecule has 19 heavy (non-hydrogen) atoms. The quantitative estimate of drug-likeness (QED) is 0.762. The normalized spacial score (nSPS) is 10.9. The molecule has 2 amide bonds. The summed E-state index contributed by atoms with van der Waals surface area (Å²) >= 11 is 0. The lowest BCUT2D eigenvalue weighted by Gasteiger charge is -2.06. The van der Waals surface area contributed by atoms with Crippen molar-refractivity contribution in [2.75, 3.05) is 0 Å². The van der Waals surface area contributed by atoms with Gasteiger partial charge in [0.05, 0.1) is 5.56 Å². The van der Waals surface area contributed by atoms with Crippen LogP contribution in [0.4, 0.5) is 4.79 Å². The Labute approximate surface area is 112 Å². The monoisotopic (exact) mass is 262 g/mol. The number of carbonyl (C=O) groups is 2. The Morgan fingerprint density at radius 1 is 1.26 bits per heavy atom. The van der Waals surface area contributed by atoms with Crippen LogP contribution in [0.25, 0.3) is 0 Å². The van der Waals surface area contributed by atoms with Crippen molar-refractivity contribution in [2.24, 2.45) is 0 Å². The average Bonchev–Trinajstić information content (AvgIpc) is 2.42. The Kier molecular flexibility index (Phi) is 5.60. The molecule has 0 heterocycles. The van der Waals surface area contributed by atoms with Crippen molar-refractivity contribution in [2.45, 2.75) is 26.8 Å². The Morgan fingerprint density at radius 3 is 2.42 bits per heavy atom. The van der Waals surface area contributed by atoms with E-state index in [0.717, 1.165) is 17.6 Å². The predicted molar refractivity (Wildman–Crippen MR) is 72.8 cm³/mol. The standard InChI is InChI=1S/C14H18N2O3/c1-3-10(2)8-15-14(19)16-9-11-4-6-12(7-5-11)13(17)18/h4-8H,3,9H2,1-2H3,(H,17,18)(H2,15,16,19)/b10-8+. The van der Waals surface area contributed by atoms with Crippen molar-refractivity contribution in [1.82, 2.24) is 10.6 Å². The van der Waals surface area contributed by atoms with E-state index < -0.39 is 5.97 Å². The molecule has 3 N–H and O–H groups in total. The van der Waals surface area contributed by atoms with Gasteiger partial charge in [0.15, 0.2) is 0 Å². The van der Waals surface area contributed by atoms with E-state index in [-0.39, 0.29) is 11.6 Å². The largest absolute Gasteiger partial charge is 0.478 e. The van der Waals surface area contributed by atoms with E-state index in [1.54, 1.807) is 18.3 Å². The molecule has 5 nitrogen and oxygen atoms in total. The second-order valence-corrected chi connectivity index (χ2v) is 4.17. The molecule has 0 fully saturated rings. The van der Waals surface area contributed by atoms with E-state index in [2.05, 4.69) is 10.6 Å². The van der Waals surface area contributed by atoms with Crippen LogP contribution in [-0.2, 0) is 6.54 Å². The number of carboxylic acids is 1. The Hall–Kier alpha value is -2.30. The molecule has 0 unspecified atom stereocenters. The number of allylic oxidation sites excluding steroid dienone is 1. The number of nitrogens with one attached hydrogen (secondary N) is 2. The van der Waals surface area contributed by atoms with Crippen molar-refractivity contribution in [3.05, 3.63) is 47.2 Å². The minimum Gasteiger partial charge on any atom is -0.478 e. The fourth-order valence-electron chi connectivity index (χ4n) is 1.29. The molecule has 0 atom stereocenters. The third-order valence-corrected chi connectivity index (χ3v) is 2.66. The molecule has 0 aliphatic rings. The summed E-state index contributed by atoms with van der Waals surface area (Å²) in [6.45, 7) is 4.30. The van der Waals surface area contributed by atoms with Crippen LogP contribution < -0.4 is 10.6 Å². The molecule has 102 valence electrons. The number of hydrogen-bond donors (Lipinski definition) is 3. The first-order valence-corrected chi connectivity index (χ1v) is 6.05. The Bertz CT molecular complexity index is 478. The molecule has 0 spiro atoms. The van der Waals surface area contributed by atoms with Crippen molar-refractivity contribution < 1.29 is 14.7 Å². The summed E-state index contributed by atoms with van der Waals surface area (Å²) in [5.41, 5.74) is 2.16. The van der Waals surface area contributed by atoms with Crippen LogP contribution in [0.1, 0.15) is 36.2 Å². The zero-order chi connectivity index (χ0) is 14.3. The molecular formula is C14H18N2O3. The van der Waals surface area contributed by atoms with Gasteiger partial charge in [-0.1, -0.05) is 24.6 Å². The lowest BCUT2D eigenvalue weighted by Crippen LogP contribution is -2.31. The number of benzene rings is 1. The van der Waals surface area contributed by atoms with Crippen LogP contribution in [0.3, 0.4) is 0 Å². The molecule has 0 radical (unpaired) electrons. The molecule has 0 aromatic heterocycles. The van der Waals surface area contributed by atoms with E-state index in [1.807, 2.05) is 13.8 Å². The molecule has 1 aromatic rings. The molecule has 0 aliphatic heterocycles. The van der Waals surface area contributed by atoms with Gasteiger partial charge in [-0.2, -0.15) is 0 Å². The van der Waals surface area contributed by atoms with Gasteiger partial charge in [-0.3, -0.25) is 0 Å². The third-order valence-electron chi connectivity index (χ3n) is 2.66. The number of hydrogen-bond acceptors (Lipinski definition) is 2. The molecule has 0 saturated carbocycles. The first-order valence-electron chi connectivity index (χ1n) is 6.05. The van der Waals surface area contributed by atoms with Crippen LogP contribution in [0.15, 0.2) is 36.0 Å². The van der Waals surface area contributed by atoms with Gasteiger partial charge in [0.1, 0.15) is 0 Å². The van der Waals surface area contributed by atoms with Gasteiger partial charge in [0.2, 0.25) is 0 Å². The SMILES string of the molecule is CC/C(C)=C/NC(=O)NCc1ccc(C(=O)O)cc1. The maximum absolute atomic E-state index is 11.5. The summed E-state index contributed by atoms with van der Waals surface area (Å²) in [5, 5.41) is 14.1. The molecular weight excluding hydrogens is 244 g/mol. The second kappa shape index (κ2) is 7.20. The number of amides is 2. The zero-order valence-electron chi connectivity index (χ0n) is 11.1. The van der Waals surface area contributed by atoms with E-state index >= 15 is 0 Å². The highest BCUT2D eigenvalue weighted by molar-refractivity contribution is 5.87. The zero-order valence-corrected chi connectivity index (χ0v) is 11.1. The Balaban J connectivity index is 2.44. The summed E-state index contributed by atoms with van der Waals surface area (Å²) < 4.78 is 0. The number of aromatic carboxylic acids is 1. The van der Waals surface area contributed by atoms with Gasteiger partial charge < -0.3 is 15.7 Å². The van der Waals surface area contributed by atoms with Gasteiger partial charge in [0.25, 0.3) is 0 Å². The van der Waals surface area contributed by atoms with Crippen LogP contribution in [0.5, 0.6) is 0 Å². The summed E-state index contributed by atoms with van der Waals surface area (Å²) in [6.07, 6.45) is 2.56. The lowest BCUT2D eigenvalue weighted by molar-refractivity contribution is 0.0697. The smallest absolute Gasteiger partial charge is 0.335 e. The van der Waals surface area contributed by atoms with Gasteiger partial charge >= 0.3 is 12.0 Å². The van der Waals surface area contributed by atoms with Crippen LogP contribution in [0, 0.1) is 0 Å². The summed E-state index contributed by atoms with van der Waals surface area (Å²) in [6, 6.07) is 6.10. The molecule has 1 aromatic carbocycles. The third kappa shape index (κ3) is 5.25. The summed E-state index contributed by atoms with van der Waals surface area (Å²) in [7, 11) is 0. The van der Waals surface area contributed by atoms with Gasteiger partial charge in [0, 0.05) is 12.7 Å². The van der Waals surface area contributed by atoms with Crippen molar-refractivity contribution in [1.29, 1.82) is 0 Å². The number of urea groups is 1. The van der Waals surface area contributed by atoms with Gasteiger partial charge in [-0.25, -0.2) is 9.59 Å². The molecule has 0 aliphatic carbocycles. The molecule has 1 rings (SSSR count). The van der Waals surface area contributed by atoms with Gasteiger partial charge in [-0.05, 0) is 31.0 Å². The fraction of sp³-hybridized carbons (Fsp3) is 0.286. The second-order valence-electron chi connectivity index (χ2n) is 4.17. The number of carbonyl (C=O) groups excluding carboxylic acids is 1. The topological polar surface area (TPSA) is 78.4 Å². The highest BCUT2D eigenvalue weighted by atomic mass is 16.4. The van der Waals surface area contributed by atoms with E-state index in [4.69, 9.17) is 5.11 Å². The molecule has 5 heteroatoms. The lowest BCUT2D eigenvalue weighted by atomic mass is 10.1. The highest BCUT2D eigenvalue weighted by Gasteiger charge is 2.02. The maximum atomic E-state index is 11.5. The number of rotatable bonds is 5. The first kappa shape index (κ1) is 14.8. The van der Waals surface area contributed by atoms with Crippen LogP contribution in [-0.4, -0.2) is 17.1 Å². The molecule has 0 saturated heterocycles. The number of carboxylic acid groups (broad SMARTS) is 1. The van der Waals surface area contributed by atoms with Crippen molar-refractivity contribution in [3.63, 3.8) is 0 Å². The fourth-order valence-corrected chi connectivity index (χ4v) is 1.29. The van der Waals surface area contributed by atoms with E-state index in [9.17, 15) is 9.59 Å². The molecule has 0 bridgehead atoms. The average molecular weight is 262 g/mol. The van der Waals surface area contributed by atoms with Gasteiger partial charge in [-0.15, -0.1) is 0 Å². The van der Waals surface area contributed by atoms with E-state index in [1.165, 1.54) is 12.1 Å². The van der Waals surface area contributed by atoms with Crippen molar-refractivity contribution in [3.8, 4) is 0 Å². The first-order chi connectivity index (χ1) is 9.02. The van der Waals surface area contributed by atoms with Crippen LogP contribution in [0.2, 0.25) is 0 Å². The van der Waals surface area contributed by atoms with Crippen molar-refractivity contribution >= 4 is 12.0 Å². The van der Waals surface area contributed by atoms with Crippen LogP contribution >= 0.6 is 0 Å². The highest BCUT2D eigenvalue weighted by Crippen LogP contribution is 2.04.